The van der Waals surface area contributed by atoms with Gasteiger partial charge in [0.25, 0.3) is 0 Å². The lowest BCUT2D eigenvalue weighted by atomic mass is 10.0. The third-order valence-electron chi connectivity index (χ3n) is 12.6. The fourth-order valence-electron chi connectivity index (χ4n) is 8.85. The molecule has 2 fully saturated rings. The molecule has 2 aliphatic heterocycles. The van der Waals surface area contributed by atoms with Crippen LogP contribution in [0.4, 0.5) is 11.6 Å². The van der Waals surface area contributed by atoms with Crippen LogP contribution in [0.2, 0.25) is 0 Å². The summed E-state index contributed by atoms with van der Waals surface area (Å²) < 4.78 is 22.6. The van der Waals surface area contributed by atoms with Crippen LogP contribution in [0.15, 0.2) is 90.1 Å². The number of rotatable bonds is 19. The van der Waals surface area contributed by atoms with E-state index in [2.05, 4.69) is 65.2 Å². The standard InChI is InChI=1S/C51H56N8O9S2/c1-3-65-50(63)40-22-38(67-26-36(61)24-53-34-15-19-59(20-16-34)47-45-41(32-7-5-4-6-8-32)28-70-49(45)57-30-55-47)10-12-43(40)68-51(64)39-21-37(9-11-42(39)62)66-25-35(60)23-52-33-13-17-58(18-14-33)46-44-31(2)27-69-48(44)56-29-54-46/h4-12,21-22,27-30,33-36,52-53,60-62H,3,13-20,23-26H2,1-2H3. The molecular formula is C51H56N8O9S2. The maximum absolute atomic E-state index is 13.5. The summed E-state index contributed by atoms with van der Waals surface area (Å²) in [4.78, 5) is 51.4. The number of piperidine rings is 2. The lowest BCUT2D eigenvalue weighted by Gasteiger charge is -2.34. The van der Waals surface area contributed by atoms with Gasteiger partial charge in [-0.05, 0) is 92.4 Å². The number of aromatic nitrogens is 4. The fourth-order valence-corrected chi connectivity index (χ4v) is 10.6. The highest BCUT2D eigenvalue weighted by atomic mass is 32.1. The highest BCUT2D eigenvalue weighted by Gasteiger charge is 2.27. The minimum atomic E-state index is -0.950. The second-order valence-corrected chi connectivity index (χ2v) is 19.1. The van der Waals surface area contributed by atoms with Gasteiger partial charge in [0, 0.05) is 62.3 Å². The van der Waals surface area contributed by atoms with Crippen LogP contribution in [-0.2, 0) is 4.74 Å². The number of benzene rings is 3. The van der Waals surface area contributed by atoms with Crippen molar-refractivity contribution in [3.05, 3.63) is 107 Å². The Kier molecular flexibility index (Phi) is 15.6. The predicted molar refractivity (Wildman–Crippen MR) is 270 cm³/mol. The molecule has 2 atom stereocenters. The van der Waals surface area contributed by atoms with Crippen molar-refractivity contribution in [3.63, 3.8) is 0 Å². The van der Waals surface area contributed by atoms with Gasteiger partial charge in [-0.15, -0.1) is 22.7 Å². The average molecular weight is 989 g/mol. The van der Waals surface area contributed by atoms with E-state index >= 15 is 0 Å². The highest BCUT2D eigenvalue weighted by molar-refractivity contribution is 7.17. The quantitative estimate of drug-likeness (QED) is 0.0418. The number of aliphatic hydroxyl groups excluding tert-OH is 2. The molecule has 2 saturated heterocycles. The Morgan fingerprint density at radius 1 is 0.714 bits per heavy atom. The number of aryl methyl sites for hydroxylation is 1. The van der Waals surface area contributed by atoms with Crippen LogP contribution in [-0.4, -0.2) is 131 Å². The Hall–Kier alpha value is -6.48. The van der Waals surface area contributed by atoms with E-state index in [0.29, 0.717) is 6.54 Å². The number of fused-ring (bicyclic) bond motifs is 2. The number of ether oxygens (including phenoxy) is 4. The molecule has 7 aromatic rings. The van der Waals surface area contributed by atoms with E-state index in [1.54, 1.807) is 42.3 Å². The van der Waals surface area contributed by atoms with Crippen LogP contribution < -0.4 is 34.6 Å². The molecule has 366 valence electrons. The van der Waals surface area contributed by atoms with Gasteiger partial charge in [0.15, 0.2) is 0 Å². The number of phenols is 1. The largest absolute Gasteiger partial charge is 0.507 e. The molecule has 2 aliphatic rings. The lowest BCUT2D eigenvalue weighted by molar-refractivity contribution is 0.0519. The van der Waals surface area contributed by atoms with Crippen molar-refractivity contribution in [1.82, 2.24) is 30.6 Å². The summed E-state index contributed by atoms with van der Waals surface area (Å²) in [5.74, 6) is 0.198. The van der Waals surface area contributed by atoms with Crippen molar-refractivity contribution in [2.45, 2.75) is 63.8 Å². The van der Waals surface area contributed by atoms with Gasteiger partial charge in [-0.1, -0.05) is 30.3 Å². The van der Waals surface area contributed by atoms with Crippen molar-refractivity contribution in [2.24, 2.45) is 0 Å². The number of carbonyl (C=O) groups is 2. The van der Waals surface area contributed by atoms with Crippen LogP contribution >= 0.6 is 22.7 Å². The molecular weight excluding hydrogens is 933 g/mol. The Morgan fingerprint density at radius 2 is 1.27 bits per heavy atom. The van der Waals surface area contributed by atoms with Crippen molar-refractivity contribution in [2.75, 3.05) is 68.9 Å². The molecule has 3 aromatic carbocycles. The monoisotopic (exact) mass is 988 g/mol. The van der Waals surface area contributed by atoms with E-state index in [9.17, 15) is 24.9 Å². The van der Waals surface area contributed by atoms with E-state index in [1.807, 2.05) is 18.2 Å². The van der Waals surface area contributed by atoms with E-state index in [4.69, 9.17) is 23.9 Å². The number of thiophene rings is 2. The number of hydrogen-bond acceptors (Lipinski definition) is 19. The van der Waals surface area contributed by atoms with Crippen LogP contribution in [0.1, 0.15) is 58.9 Å². The number of aliphatic hydroxyl groups is 2. The normalized spacial score (nSPS) is 15.5. The number of anilines is 2. The lowest BCUT2D eigenvalue weighted by Crippen LogP contribution is -2.45. The van der Waals surface area contributed by atoms with Crippen LogP contribution in [0.3, 0.4) is 0 Å². The van der Waals surface area contributed by atoms with Gasteiger partial charge in [-0.25, -0.2) is 29.5 Å². The molecule has 70 heavy (non-hydrogen) atoms. The average Bonchev–Trinajstić information content (AvgIpc) is 4.01. The summed E-state index contributed by atoms with van der Waals surface area (Å²) in [5, 5.41) is 45.7. The molecule has 0 amide bonds. The molecule has 0 radical (unpaired) electrons. The minimum absolute atomic E-state index is 0.0656. The molecule has 2 unspecified atom stereocenters. The maximum Gasteiger partial charge on any atom is 0.347 e. The Labute approximate surface area is 413 Å². The SMILES string of the molecule is CCOC(=O)c1cc(OCC(O)CNC2CCN(c3ncnc4scc(-c5ccccc5)c34)CC2)ccc1OC(=O)c1cc(OCC(O)CNC2CCN(c3ncnc4scc(C)c34)CC2)ccc1O. The molecule has 5 N–H and O–H groups in total. The smallest absolute Gasteiger partial charge is 0.347 e. The zero-order chi connectivity index (χ0) is 48.6. The Balaban J connectivity index is 0.732. The number of esters is 2. The molecule has 0 saturated carbocycles. The summed E-state index contributed by atoms with van der Waals surface area (Å²) in [6.07, 6.45) is 5.01. The number of nitrogens with one attached hydrogen (secondary N) is 2. The van der Waals surface area contributed by atoms with Crippen molar-refractivity contribution in [3.8, 4) is 34.1 Å². The first kappa shape index (κ1) is 48.5. The van der Waals surface area contributed by atoms with Gasteiger partial charge in [0.1, 0.15) is 93.5 Å². The van der Waals surface area contributed by atoms with Gasteiger partial charge in [0.2, 0.25) is 0 Å². The van der Waals surface area contributed by atoms with Gasteiger partial charge >= 0.3 is 11.9 Å². The van der Waals surface area contributed by atoms with Gasteiger partial charge in [-0.3, -0.25) is 0 Å². The molecule has 9 rings (SSSR count). The third kappa shape index (κ3) is 11.4. The first-order valence-electron chi connectivity index (χ1n) is 23.5. The molecule has 17 nitrogen and oxygen atoms in total. The number of nitrogens with zero attached hydrogens (tertiary/aromatic N) is 6. The van der Waals surface area contributed by atoms with Crippen molar-refractivity contribution < 1.29 is 43.9 Å². The van der Waals surface area contributed by atoms with Crippen LogP contribution in [0, 0.1) is 6.92 Å². The van der Waals surface area contributed by atoms with Crippen molar-refractivity contribution >= 4 is 66.7 Å². The van der Waals surface area contributed by atoms with E-state index in [1.165, 1.54) is 42.0 Å². The van der Waals surface area contributed by atoms with Crippen molar-refractivity contribution in [1.29, 1.82) is 0 Å². The van der Waals surface area contributed by atoms with Gasteiger partial charge in [0.05, 0.1) is 17.4 Å². The predicted octanol–water partition coefficient (Wildman–Crippen LogP) is 6.77. The van der Waals surface area contributed by atoms with E-state index in [0.717, 1.165) is 95.1 Å². The zero-order valence-electron chi connectivity index (χ0n) is 39.0. The second-order valence-electron chi connectivity index (χ2n) is 17.4. The summed E-state index contributed by atoms with van der Waals surface area (Å²) in [5.41, 5.74) is 3.15. The molecule has 4 aromatic heterocycles. The molecule has 0 spiro atoms. The molecule has 0 aliphatic carbocycles. The minimum Gasteiger partial charge on any atom is -0.507 e. The topological polar surface area (TPSA) is 214 Å². The molecule has 0 bridgehead atoms. The first-order chi connectivity index (χ1) is 34.1. The maximum atomic E-state index is 13.5. The first-order valence-corrected chi connectivity index (χ1v) is 25.3. The molecule has 6 heterocycles. The molecule has 19 heteroatoms. The number of carbonyl (C=O) groups excluding carboxylic acids is 2. The number of hydrogen-bond donors (Lipinski definition) is 5. The Morgan fingerprint density at radius 3 is 1.89 bits per heavy atom. The third-order valence-corrected chi connectivity index (χ3v) is 14.5. The Bertz CT molecular complexity index is 2900. The number of phenolic OH excluding ortho intramolecular Hbond substituents is 1. The van der Waals surface area contributed by atoms with Gasteiger partial charge < -0.3 is 54.7 Å². The summed E-state index contributed by atoms with van der Waals surface area (Å²) in [7, 11) is 0. The van der Waals surface area contributed by atoms with E-state index < -0.39 is 24.1 Å². The van der Waals surface area contributed by atoms with E-state index in [-0.39, 0.29) is 72.6 Å². The highest BCUT2D eigenvalue weighted by Crippen LogP contribution is 2.39. The zero-order valence-corrected chi connectivity index (χ0v) is 40.6. The summed E-state index contributed by atoms with van der Waals surface area (Å²) in [6, 6.07) is 19.1. The summed E-state index contributed by atoms with van der Waals surface area (Å²) >= 11 is 3.24. The van der Waals surface area contributed by atoms with Crippen LogP contribution in [0.25, 0.3) is 31.6 Å². The van der Waals surface area contributed by atoms with Gasteiger partial charge in [-0.2, -0.15) is 0 Å². The summed E-state index contributed by atoms with van der Waals surface area (Å²) in [6.45, 7) is 7.49. The number of aromatic hydroxyl groups is 1. The second kappa shape index (κ2) is 22.5. The fraction of sp³-hybridized carbons (Fsp3) is 0.373. The van der Waals surface area contributed by atoms with Crippen LogP contribution in [0.5, 0.6) is 23.0 Å².